The maximum absolute atomic E-state index is 14.4. The lowest BCUT2D eigenvalue weighted by molar-refractivity contribution is 0.0950. The first-order chi connectivity index (χ1) is 17.0. The number of carbonyl (C=O) groups is 2. The quantitative estimate of drug-likeness (QED) is 0.471. The molecule has 1 aliphatic heterocycles. The molecule has 0 saturated carbocycles. The number of amides is 3. The van der Waals surface area contributed by atoms with Crippen LogP contribution in [0.4, 0.5) is 32.4 Å². The van der Waals surface area contributed by atoms with Crippen LogP contribution >= 0.6 is 0 Å². The highest BCUT2D eigenvalue weighted by atomic mass is 19.2. The molecule has 1 unspecified atom stereocenters. The normalized spacial score (nSPS) is 15.2. The summed E-state index contributed by atoms with van der Waals surface area (Å²) < 4.78 is 69.7. The Bertz CT molecular complexity index is 1340. The Hall–Kier alpha value is -4.15. The van der Waals surface area contributed by atoms with Crippen LogP contribution in [0.2, 0.25) is 0 Å². The van der Waals surface area contributed by atoms with Gasteiger partial charge in [0.1, 0.15) is 34.8 Å². The zero-order chi connectivity index (χ0) is 26.3. The zero-order valence-corrected chi connectivity index (χ0v) is 19.1. The number of nitrogens with one attached hydrogen (secondary N) is 1. The van der Waals surface area contributed by atoms with Crippen LogP contribution in [0.5, 0.6) is 5.75 Å². The number of fused-ring (bicyclic) bond motifs is 1. The summed E-state index contributed by atoms with van der Waals surface area (Å²) in [5.41, 5.74) is -0.189. The summed E-state index contributed by atoms with van der Waals surface area (Å²) in [5.74, 6) is -6.89. The van der Waals surface area contributed by atoms with E-state index in [1.165, 1.54) is 24.1 Å². The van der Waals surface area contributed by atoms with Gasteiger partial charge in [0.15, 0.2) is 0 Å². The largest absolute Gasteiger partial charge is 0.508 e. The molecule has 0 aromatic heterocycles. The standard InChI is InChI=1S/C25H20F5N3O3/c1-12-16-4-3-13(24(35)31-10-17-19(27)6-14(26)7-20(17)28)5-23(16)33(25(36)32(12)2)11-18-21(29)8-15(34)9-22(18)30/h3-9,12,34H,10-11H2,1-2H3,(H,31,35). The van der Waals surface area contributed by atoms with Crippen molar-refractivity contribution in [3.8, 4) is 5.75 Å². The summed E-state index contributed by atoms with van der Waals surface area (Å²) in [6.07, 6.45) is 0. The van der Waals surface area contributed by atoms with E-state index in [-0.39, 0.29) is 11.3 Å². The number of carbonyl (C=O) groups excluding carboxylic acids is 2. The van der Waals surface area contributed by atoms with Crippen LogP contribution in [0.15, 0.2) is 42.5 Å². The molecule has 36 heavy (non-hydrogen) atoms. The van der Waals surface area contributed by atoms with Gasteiger partial charge in [-0.3, -0.25) is 9.69 Å². The molecule has 1 heterocycles. The summed E-state index contributed by atoms with van der Waals surface area (Å²) in [4.78, 5) is 28.2. The highest BCUT2D eigenvalue weighted by molar-refractivity contribution is 5.99. The molecular formula is C25H20F5N3O3. The number of phenols is 1. The number of aromatic hydroxyl groups is 1. The van der Waals surface area contributed by atoms with Crippen molar-refractivity contribution in [2.45, 2.75) is 26.1 Å². The Morgan fingerprint density at radius 3 is 2.14 bits per heavy atom. The van der Waals surface area contributed by atoms with Crippen molar-refractivity contribution in [3.05, 3.63) is 93.8 Å². The molecule has 1 atom stereocenters. The molecule has 0 bridgehead atoms. The van der Waals surface area contributed by atoms with Crippen molar-refractivity contribution in [2.24, 2.45) is 0 Å². The van der Waals surface area contributed by atoms with E-state index in [2.05, 4.69) is 5.32 Å². The Labute approximate surface area is 202 Å². The lowest BCUT2D eigenvalue weighted by atomic mass is 9.98. The molecule has 0 radical (unpaired) electrons. The van der Waals surface area contributed by atoms with Gasteiger partial charge in [-0.15, -0.1) is 0 Å². The van der Waals surface area contributed by atoms with E-state index in [0.29, 0.717) is 17.7 Å². The van der Waals surface area contributed by atoms with E-state index in [0.717, 1.165) is 17.0 Å². The smallest absolute Gasteiger partial charge is 0.325 e. The molecule has 3 aromatic rings. The molecule has 0 saturated heterocycles. The van der Waals surface area contributed by atoms with E-state index in [9.17, 15) is 36.6 Å². The number of nitrogens with zero attached hydrogens (tertiary/aromatic N) is 2. The third-order valence-corrected chi connectivity index (χ3v) is 6.12. The monoisotopic (exact) mass is 505 g/mol. The van der Waals surface area contributed by atoms with E-state index in [1.807, 2.05) is 0 Å². The number of hydrogen-bond donors (Lipinski definition) is 2. The number of anilines is 1. The maximum Gasteiger partial charge on any atom is 0.325 e. The topological polar surface area (TPSA) is 72.9 Å². The second-order valence-electron chi connectivity index (χ2n) is 8.35. The van der Waals surface area contributed by atoms with E-state index in [4.69, 9.17) is 0 Å². The Kier molecular flexibility index (Phi) is 6.57. The fraction of sp³-hybridized carbons (Fsp3) is 0.200. The van der Waals surface area contributed by atoms with Gasteiger partial charge in [-0.1, -0.05) is 6.07 Å². The predicted octanol–water partition coefficient (Wildman–Crippen LogP) is 5.15. The summed E-state index contributed by atoms with van der Waals surface area (Å²) >= 11 is 0. The minimum atomic E-state index is -1.16. The van der Waals surface area contributed by atoms with Crippen molar-refractivity contribution in [3.63, 3.8) is 0 Å². The summed E-state index contributed by atoms with van der Waals surface area (Å²) in [6.45, 7) is 0.632. The number of hydrogen-bond acceptors (Lipinski definition) is 3. The molecule has 11 heteroatoms. The molecule has 1 aliphatic rings. The number of phenolic OH excluding ortho intramolecular Hbond substituents is 1. The van der Waals surface area contributed by atoms with Crippen LogP contribution in [0, 0.1) is 29.1 Å². The van der Waals surface area contributed by atoms with Crippen molar-refractivity contribution in [1.82, 2.24) is 10.2 Å². The number of urea groups is 1. The highest BCUT2D eigenvalue weighted by Crippen LogP contribution is 2.38. The lowest BCUT2D eigenvalue weighted by Crippen LogP contribution is -2.47. The van der Waals surface area contributed by atoms with Crippen LogP contribution in [-0.2, 0) is 13.1 Å². The second-order valence-corrected chi connectivity index (χ2v) is 8.35. The van der Waals surface area contributed by atoms with Gasteiger partial charge in [-0.2, -0.15) is 0 Å². The molecular weight excluding hydrogens is 485 g/mol. The van der Waals surface area contributed by atoms with Gasteiger partial charge in [0.05, 0.1) is 18.3 Å². The molecule has 0 spiro atoms. The van der Waals surface area contributed by atoms with Crippen LogP contribution in [0.3, 0.4) is 0 Å². The first-order valence-electron chi connectivity index (χ1n) is 10.7. The van der Waals surface area contributed by atoms with Crippen LogP contribution in [-0.4, -0.2) is 29.0 Å². The van der Waals surface area contributed by atoms with Crippen molar-refractivity contribution < 1.29 is 36.6 Å². The number of rotatable bonds is 5. The molecule has 2 N–H and O–H groups in total. The van der Waals surface area contributed by atoms with E-state index < -0.39 is 77.0 Å². The molecule has 188 valence electrons. The van der Waals surface area contributed by atoms with Gasteiger partial charge in [-0.25, -0.2) is 26.7 Å². The van der Waals surface area contributed by atoms with E-state index >= 15 is 0 Å². The molecule has 3 aromatic carbocycles. The molecule has 4 rings (SSSR count). The Balaban J connectivity index is 1.66. The average Bonchev–Trinajstić information content (AvgIpc) is 2.80. The second kappa shape index (κ2) is 9.48. The van der Waals surface area contributed by atoms with Crippen molar-refractivity contribution in [2.75, 3.05) is 11.9 Å². The van der Waals surface area contributed by atoms with Gasteiger partial charge in [0.2, 0.25) is 0 Å². The van der Waals surface area contributed by atoms with Crippen LogP contribution in [0.25, 0.3) is 0 Å². The highest BCUT2D eigenvalue weighted by Gasteiger charge is 2.34. The van der Waals surface area contributed by atoms with Crippen LogP contribution in [0.1, 0.15) is 40.0 Å². The molecule has 6 nitrogen and oxygen atoms in total. The van der Waals surface area contributed by atoms with Gasteiger partial charge in [-0.05, 0) is 24.6 Å². The van der Waals surface area contributed by atoms with Crippen LogP contribution < -0.4 is 10.2 Å². The van der Waals surface area contributed by atoms with Gasteiger partial charge >= 0.3 is 6.03 Å². The minimum absolute atomic E-state index is 0.0119. The number of benzene rings is 3. The molecule has 3 amide bonds. The van der Waals surface area contributed by atoms with Gasteiger partial charge in [0, 0.05) is 54.5 Å². The molecule has 0 aliphatic carbocycles. The minimum Gasteiger partial charge on any atom is -0.508 e. The Morgan fingerprint density at radius 1 is 0.944 bits per heavy atom. The summed E-state index contributed by atoms with van der Waals surface area (Å²) in [5, 5.41) is 11.8. The zero-order valence-electron chi connectivity index (χ0n) is 19.1. The first-order valence-corrected chi connectivity index (χ1v) is 10.7. The maximum atomic E-state index is 14.4. The Morgan fingerprint density at radius 2 is 1.53 bits per heavy atom. The third-order valence-electron chi connectivity index (χ3n) is 6.12. The fourth-order valence-corrected chi connectivity index (χ4v) is 4.00. The summed E-state index contributed by atoms with van der Waals surface area (Å²) in [6, 6.07) is 5.74. The fourth-order valence-electron chi connectivity index (χ4n) is 4.00. The lowest BCUT2D eigenvalue weighted by Gasteiger charge is -2.39. The predicted molar refractivity (Wildman–Crippen MR) is 120 cm³/mol. The van der Waals surface area contributed by atoms with E-state index in [1.54, 1.807) is 13.0 Å². The first kappa shape index (κ1) is 25.0. The third kappa shape index (κ3) is 4.56. The van der Waals surface area contributed by atoms with Gasteiger partial charge in [0.25, 0.3) is 5.91 Å². The average molecular weight is 505 g/mol. The number of halogens is 5. The molecule has 0 fully saturated rings. The van der Waals surface area contributed by atoms with Crippen molar-refractivity contribution >= 4 is 17.6 Å². The summed E-state index contributed by atoms with van der Waals surface area (Å²) in [7, 11) is 1.51. The van der Waals surface area contributed by atoms with Crippen molar-refractivity contribution in [1.29, 1.82) is 0 Å². The SMILES string of the molecule is CC1c2ccc(C(=O)NCc3c(F)cc(F)cc3F)cc2N(Cc2c(F)cc(O)cc2F)C(=O)N1C. The van der Waals surface area contributed by atoms with Gasteiger partial charge < -0.3 is 15.3 Å².